The first kappa shape index (κ1) is 31.0. The SMILES string of the molecule is CN(C(=O)C(CC1CC1)NC(=O)C(F)(F)F)C(CC1CC1)C(=O)N1C[C@@]2(C[C@H]1C(N)=O)Oc1cc(F)cc(C#N)c1NC2=O. The molecule has 2 saturated carbocycles. The van der Waals surface area contributed by atoms with Gasteiger partial charge in [-0.15, -0.1) is 0 Å². The number of carbonyl (C=O) groups excluding carboxylic acids is 5. The lowest BCUT2D eigenvalue weighted by Crippen LogP contribution is -2.58. The molecule has 5 rings (SSSR count). The molecule has 16 heteroatoms. The molecule has 4 atom stereocenters. The lowest BCUT2D eigenvalue weighted by atomic mass is 9.95. The number of carbonyl (C=O) groups is 5. The third-order valence-corrected chi connectivity index (χ3v) is 8.56. The molecule has 0 aromatic heterocycles. The normalized spacial score (nSPS) is 24.0. The van der Waals surface area contributed by atoms with Crippen molar-refractivity contribution < 1.29 is 46.3 Å². The van der Waals surface area contributed by atoms with Crippen molar-refractivity contribution in [3.05, 3.63) is 23.5 Å². The Hall–Kier alpha value is -4.42. The molecule has 1 saturated heterocycles. The topological polar surface area (TPSA) is 175 Å². The zero-order valence-electron chi connectivity index (χ0n) is 23.6. The minimum Gasteiger partial charge on any atom is -0.473 e. The highest BCUT2D eigenvalue weighted by Crippen LogP contribution is 2.43. The van der Waals surface area contributed by atoms with Crippen LogP contribution in [0.3, 0.4) is 0 Å². The largest absolute Gasteiger partial charge is 0.473 e. The number of halogens is 4. The molecule has 1 aromatic carbocycles. The Bertz CT molecular complexity index is 1450. The van der Waals surface area contributed by atoms with Crippen LogP contribution in [0.1, 0.15) is 50.5 Å². The second-order valence-corrected chi connectivity index (χ2v) is 11.9. The molecule has 2 aliphatic heterocycles. The molecule has 1 spiro atoms. The average molecular weight is 623 g/mol. The number of hydrogen-bond acceptors (Lipinski definition) is 7. The molecule has 5 amide bonds. The van der Waals surface area contributed by atoms with Gasteiger partial charge in [-0.05, 0) is 30.7 Å². The van der Waals surface area contributed by atoms with E-state index in [1.54, 1.807) is 11.4 Å². The maximum atomic E-state index is 14.2. The van der Waals surface area contributed by atoms with E-state index < -0.39 is 78.2 Å². The quantitative estimate of drug-likeness (QED) is 0.348. The van der Waals surface area contributed by atoms with Crippen molar-refractivity contribution >= 4 is 35.2 Å². The number of hydrogen-bond donors (Lipinski definition) is 3. The minimum absolute atomic E-state index is 0.0166. The predicted octanol–water partition coefficient (Wildman–Crippen LogP) is 1.33. The summed E-state index contributed by atoms with van der Waals surface area (Å²) in [4.78, 5) is 67.3. The van der Waals surface area contributed by atoms with Crippen molar-refractivity contribution in [2.75, 3.05) is 18.9 Å². The van der Waals surface area contributed by atoms with Gasteiger partial charge in [0.2, 0.25) is 23.3 Å². The Morgan fingerprint density at radius 2 is 1.84 bits per heavy atom. The van der Waals surface area contributed by atoms with Crippen molar-refractivity contribution in [2.45, 2.75) is 74.8 Å². The van der Waals surface area contributed by atoms with E-state index in [0.29, 0.717) is 12.8 Å². The third kappa shape index (κ3) is 6.13. The third-order valence-electron chi connectivity index (χ3n) is 8.56. The Kier molecular flexibility index (Phi) is 7.93. The van der Waals surface area contributed by atoms with Gasteiger partial charge in [0.05, 0.1) is 12.1 Å². The van der Waals surface area contributed by atoms with Gasteiger partial charge in [0, 0.05) is 19.5 Å². The van der Waals surface area contributed by atoms with Crippen LogP contribution in [0.25, 0.3) is 0 Å². The molecule has 12 nitrogen and oxygen atoms in total. The van der Waals surface area contributed by atoms with E-state index in [0.717, 1.165) is 34.8 Å². The number of nitriles is 1. The van der Waals surface area contributed by atoms with Crippen molar-refractivity contribution in [3.63, 3.8) is 0 Å². The number of primary amides is 1. The van der Waals surface area contributed by atoms with Gasteiger partial charge in [-0.25, -0.2) is 4.39 Å². The molecule has 44 heavy (non-hydrogen) atoms. The molecule has 2 heterocycles. The van der Waals surface area contributed by atoms with Gasteiger partial charge >= 0.3 is 12.1 Å². The molecule has 2 aliphatic carbocycles. The maximum Gasteiger partial charge on any atom is 0.471 e. The molecule has 4 aliphatic rings. The van der Waals surface area contributed by atoms with E-state index >= 15 is 0 Å². The van der Waals surface area contributed by atoms with E-state index in [-0.39, 0.29) is 41.7 Å². The number of nitrogens with one attached hydrogen (secondary N) is 2. The van der Waals surface area contributed by atoms with Crippen LogP contribution in [-0.2, 0) is 24.0 Å². The number of nitrogens with two attached hydrogens (primary N) is 1. The van der Waals surface area contributed by atoms with Gasteiger partial charge in [-0.3, -0.25) is 24.0 Å². The number of benzene rings is 1. The summed E-state index contributed by atoms with van der Waals surface area (Å²) in [6.45, 7) is -0.525. The van der Waals surface area contributed by atoms with Crippen LogP contribution >= 0.6 is 0 Å². The van der Waals surface area contributed by atoms with Crippen molar-refractivity contribution in [1.82, 2.24) is 15.1 Å². The number of alkyl halides is 3. The van der Waals surface area contributed by atoms with Gasteiger partial charge in [-0.1, -0.05) is 25.7 Å². The number of nitrogens with zero attached hydrogens (tertiary/aromatic N) is 3. The highest BCUT2D eigenvalue weighted by molar-refractivity contribution is 6.04. The summed E-state index contributed by atoms with van der Waals surface area (Å²) in [5.74, 6) is -6.83. The van der Waals surface area contributed by atoms with Gasteiger partial charge in [0.15, 0.2) is 0 Å². The fraction of sp³-hybridized carbons (Fsp3) is 0.571. The van der Waals surface area contributed by atoms with E-state index in [1.165, 1.54) is 7.05 Å². The molecule has 0 radical (unpaired) electrons. The van der Waals surface area contributed by atoms with Crippen LogP contribution in [0.15, 0.2) is 12.1 Å². The van der Waals surface area contributed by atoms with Crippen LogP contribution in [0.5, 0.6) is 5.75 Å². The Balaban J connectivity index is 1.42. The lowest BCUT2D eigenvalue weighted by Gasteiger charge is -2.36. The second-order valence-electron chi connectivity index (χ2n) is 11.9. The first-order chi connectivity index (χ1) is 20.6. The lowest BCUT2D eigenvalue weighted by molar-refractivity contribution is -0.175. The van der Waals surface area contributed by atoms with E-state index in [2.05, 4.69) is 5.32 Å². The molecule has 236 valence electrons. The number of fused-ring (bicyclic) bond motifs is 1. The number of likely N-dealkylation sites (tertiary alicyclic amines) is 1. The summed E-state index contributed by atoms with van der Waals surface area (Å²) in [5.41, 5.74) is 3.44. The second kappa shape index (κ2) is 11.3. The van der Waals surface area contributed by atoms with Crippen LogP contribution in [0.4, 0.5) is 23.2 Å². The van der Waals surface area contributed by atoms with Gasteiger partial charge in [0.25, 0.3) is 5.91 Å². The van der Waals surface area contributed by atoms with Gasteiger partial charge in [0.1, 0.15) is 41.4 Å². The molecule has 1 aromatic rings. The van der Waals surface area contributed by atoms with E-state index in [4.69, 9.17) is 10.5 Å². The van der Waals surface area contributed by atoms with Gasteiger partial charge < -0.3 is 30.9 Å². The number of anilines is 1. The molecule has 0 bridgehead atoms. The summed E-state index contributed by atoms with van der Waals surface area (Å²) in [7, 11) is 1.24. The summed E-state index contributed by atoms with van der Waals surface area (Å²) in [6, 6.07) is -0.596. The van der Waals surface area contributed by atoms with Crippen LogP contribution in [-0.4, -0.2) is 82.8 Å². The van der Waals surface area contributed by atoms with Crippen LogP contribution < -0.4 is 21.1 Å². The molecule has 4 N–H and O–H groups in total. The summed E-state index contributed by atoms with van der Waals surface area (Å²) < 4.78 is 59.3. The van der Waals surface area contributed by atoms with Crippen molar-refractivity contribution in [1.29, 1.82) is 5.26 Å². The highest BCUT2D eigenvalue weighted by Gasteiger charge is 2.58. The fourth-order valence-electron chi connectivity index (χ4n) is 5.79. The minimum atomic E-state index is -5.22. The first-order valence-electron chi connectivity index (χ1n) is 14.1. The van der Waals surface area contributed by atoms with E-state index in [9.17, 15) is 46.8 Å². The molecule has 3 fully saturated rings. The zero-order valence-corrected chi connectivity index (χ0v) is 23.6. The molecular formula is C28H30F4N6O6. The predicted molar refractivity (Wildman–Crippen MR) is 142 cm³/mol. The smallest absolute Gasteiger partial charge is 0.471 e. The standard InChI is InChI=1S/C28H30F4N6O6/c1-37(23(40)17(6-13-2-3-13)35-26(43)28(30,31)32)18(7-14-4-5-14)24(41)38-12-27(10-19(38)22(34)39)25(42)36-21-15(11-33)8-16(29)9-20(21)44-27/h8-9,13-14,17-19H,2-7,10,12H2,1H3,(H2,34,39)(H,35,43)(H,36,42)/t17?,18?,19-,27+/m0/s1. The van der Waals surface area contributed by atoms with Crippen molar-refractivity contribution in [2.24, 2.45) is 17.6 Å². The summed E-state index contributed by atoms with van der Waals surface area (Å²) in [6.07, 6.45) is -2.73. The number of ether oxygens (including phenoxy) is 1. The Morgan fingerprint density at radius 3 is 2.41 bits per heavy atom. The monoisotopic (exact) mass is 622 g/mol. The fourth-order valence-corrected chi connectivity index (χ4v) is 5.79. The number of amides is 5. The van der Waals surface area contributed by atoms with Crippen molar-refractivity contribution in [3.8, 4) is 11.8 Å². The van der Waals surface area contributed by atoms with Crippen LogP contribution in [0.2, 0.25) is 0 Å². The average Bonchev–Trinajstić information content (AvgIpc) is 3.89. The molecule has 2 unspecified atom stereocenters. The highest BCUT2D eigenvalue weighted by atomic mass is 19.4. The molecular weight excluding hydrogens is 592 g/mol. The maximum absolute atomic E-state index is 14.2. The zero-order chi connectivity index (χ0) is 32.1. The Labute approximate surface area is 248 Å². The van der Waals surface area contributed by atoms with E-state index in [1.807, 2.05) is 0 Å². The van der Waals surface area contributed by atoms with Crippen LogP contribution in [0, 0.1) is 29.0 Å². The summed E-state index contributed by atoms with van der Waals surface area (Å²) in [5, 5.41) is 13.6. The van der Waals surface area contributed by atoms with Gasteiger partial charge in [-0.2, -0.15) is 18.4 Å². The number of rotatable bonds is 9. The first-order valence-corrected chi connectivity index (χ1v) is 14.1. The summed E-state index contributed by atoms with van der Waals surface area (Å²) >= 11 is 0. The number of likely N-dealkylation sites (N-methyl/N-ethyl adjacent to an activating group) is 1. The Morgan fingerprint density at radius 1 is 1.20 bits per heavy atom.